The van der Waals surface area contributed by atoms with Gasteiger partial charge < -0.3 is 18.8 Å². The van der Waals surface area contributed by atoms with E-state index in [9.17, 15) is 9.59 Å². The molecule has 2 aliphatic rings. The summed E-state index contributed by atoms with van der Waals surface area (Å²) in [5, 5.41) is 0. The number of esters is 2. The topological polar surface area (TPSA) is 71.1 Å². The molecule has 0 radical (unpaired) electrons. The van der Waals surface area contributed by atoms with Gasteiger partial charge in [0.2, 0.25) is 0 Å². The van der Waals surface area contributed by atoms with Crippen LogP contribution in [0, 0.1) is 0 Å². The summed E-state index contributed by atoms with van der Waals surface area (Å²) in [6.45, 7) is 8.63. The number of hydrogen-bond acceptors (Lipinski definition) is 6. The summed E-state index contributed by atoms with van der Waals surface area (Å²) in [6, 6.07) is 0. The van der Waals surface area contributed by atoms with Gasteiger partial charge in [0.25, 0.3) is 0 Å². The monoisotopic (exact) mass is 352 g/mol. The van der Waals surface area contributed by atoms with Crippen LogP contribution in [0.5, 0.6) is 0 Å². The lowest BCUT2D eigenvalue weighted by atomic mass is 9.75. The minimum Gasteiger partial charge on any atom is -0.465 e. The van der Waals surface area contributed by atoms with Gasteiger partial charge >= 0.3 is 19.1 Å². The van der Waals surface area contributed by atoms with Gasteiger partial charge in [-0.3, -0.25) is 9.59 Å². The Bertz CT molecular complexity index is 510. The number of rotatable bonds is 1. The van der Waals surface area contributed by atoms with E-state index in [4.69, 9.17) is 18.8 Å². The fraction of sp³-hybridized carbons (Fsp3) is 0.778. The zero-order chi connectivity index (χ0) is 18.5. The molecular formula is C18H29BO6. The Morgan fingerprint density at radius 2 is 1.36 bits per heavy atom. The Kier molecular flexibility index (Phi) is 6.68. The maximum Gasteiger partial charge on any atom is 0.490 e. The Hall–Kier alpha value is -1.34. The molecule has 2 heterocycles. The van der Waals surface area contributed by atoms with E-state index in [0.29, 0.717) is 51.7 Å². The third-order valence-electron chi connectivity index (χ3n) is 5.01. The van der Waals surface area contributed by atoms with Gasteiger partial charge in [0.05, 0.1) is 24.4 Å². The lowest BCUT2D eigenvalue weighted by molar-refractivity contribution is -0.145. The molecule has 0 unspecified atom stereocenters. The van der Waals surface area contributed by atoms with Gasteiger partial charge in [-0.05, 0) is 58.9 Å². The van der Waals surface area contributed by atoms with Crippen molar-refractivity contribution >= 4 is 19.1 Å². The summed E-state index contributed by atoms with van der Waals surface area (Å²) in [6.07, 6.45) is 5.02. The van der Waals surface area contributed by atoms with Crippen molar-refractivity contribution in [1.29, 1.82) is 0 Å². The van der Waals surface area contributed by atoms with Crippen LogP contribution in [-0.2, 0) is 28.4 Å². The van der Waals surface area contributed by atoms with E-state index in [-0.39, 0.29) is 11.9 Å². The molecule has 1 fully saturated rings. The molecule has 0 saturated carbocycles. The molecule has 0 aromatic rings. The number of carbonyl (C=O) groups is 2. The first-order chi connectivity index (χ1) is 11.7. The zero-order valence-corrected chi connectivity index (χ0v) is 15.8. The number of carbonyl (C=O) groups excluding carboxylic acids is 2. The van der Waals surface area contributed by atoms with Crippen LogP contribution in [0.2, 0.25) is 0 Å². The highest BCUT2D eigenvalue weighted by molar-refractivity contribution is 6.54. The molecular weight excluding hydrogens is 323 g/mol. The minimum atomic E-state index is -0.479. The molecule has 0 atom stereocenters. The van der Waals surface area contributed by atoms with Gasteiger partial charge in [-0.1, -0.05) is 6.08 Å². The van der Waals surface area contributed by atoms with Crippen LogP contribution in [0.3, 0.4) is 0 Å². The average molecular weight is 352 g/mol. The van der Waals surface area contributed by atoms with E-state index in [1.165, 1.54) is 0 Å². The first kappa shape index (κ1) is 20.0. The maximum absolute atomic E-state index is 11.7. The van der Waals surface area contributed by atoms with Gasteiger partial charge in [0.1, 0.15) is 0 Å². The second-order valence-electron chi connectivity index (χ2n) is 7.55. The van der Waals surface area contributed by atoms with Crippen LogP contribution < -0.4 is 0 Å². The molecule has 7 heteroatoms. The van der Waals surface area contributed by atoms with Crippen molar-refractivity contribution in [3.63, 3.8) is 0 Å². The lowest BCUT2D eigenvalue weighted by Crippen LogP contribution is -2.41. The molecule has 0 N–H and O–H groups in total. The van der Waals surface area contributed by atoms with Crippen LogP contribution in [-0.4, -0.2) is 43.5 Å². The number of cyclic esters (lactones) is 2. The predicted molar refractivity (Wildman–Crippen MR) is 93.8 cm³/mol. The number of ether oxygens (including phenoxy) is 2. The Morgan fingerprint density at radius 1 is 0.840 bits per heavy atom. The highest BCUT2D eigenvalue weighted by atomic mass is 16.7. The van der Waals surface area contributed by atoms with Crippen LogP contribution in [0.25, 0.3) is 0 Å². The Morgan fingerprint density at radius 3 is 1.92 bits per heavy atom. The molecule has 25 heavy (non-hydrogen) atoms. The van der Waals surface area contributed by atoms with E-state index in [1.54, 1.807) is 0 Å². The predicted octanol–water partition coefficient (Wildman–Crippen LogP) is 2.98. The maximum atomic E-state index is 11.7. The zero-order valence-electron chi connectivity index (χ0n) is 15.8. The van der Waals surface area contributed by atoms with E-state index in [0.717, 1.165) is 5.47 Å². The molecule has 0 amide bonds. The van der Waals surface area contributed by atoms with Crippen molar-refractivity contribution in [2.75, 3.05) is 13.2 Å². The van der Waals surface area contributed by atoms with Crippen molar-refractivity contribution in [2.24, 2.45) is 0 Å². The van der Waals surface area contributed by atoms with Crippen molar-refractivity contribution in [2.45, 2.75) is 77.4 Å². The molecule has 0 aromatic carbocycles. The molecule has 2 aliphatic heterocycles. The fourth-order valence-electron chi connectivity index (χ4n) is 2.69. The van der Waals surface area contributed by atoms with Gasteiger partial charge in [-0.15, -0.1) is 0 Å². The summed E-state index contributed by atoms with van der Waals surface area (Å²) in [7, 11) is -0.479. The molecule has 0 spiro atoms. The average Bonchev–Trinajstić information content (AvgIpc) is 2.73. The summed E-state index contributed by atoms with van der Waals surface area (Å²) in [4.78, 5) is 23.4. The van der Waals surface area contributed by atoms with Gasteiger partial charge in [0.15, 0.2) is 0 Å². The van der Waals surface area contributed by atoms with Crippen molar-refractivity contribution in [3.8, 4) is 0 Å². The summed E-state index contributed by atoms with van der Waals surface area (Å²) in [5.74, 6) is -0.463. The van der Waals surface area contributed by atoms with Gasteiger partial charge in [-0.2, -0.15) is 0 Å². The van der Waals surface area contributed by atoms with E-state index < -0.39 is 18.3 Å². The summed E-state index contributed by atoms with van der Waals surface area (Å²) in [5.41, 5.74) is 0.0566. The highest BCUT2D eigenvalue weighted by Crippen LogP contribution is 2.39. The molecule has 2 rings (SSSR count). The molecule has 0 aromatic heterocycles. The first-order valence-corrected chi connectivity index (χ1v) is 9.07. The van der Waals surface area contributed by atoms with Crippen LogP contribution in [0.4, 0.5) is 0 Å². The van der Waals surface area contributed by atoms with Crippen molar-refractivity contribution in [3.05, 3.63) is 11.5 Å². The first-order valence-electron chi connectivity index (χ1n) is 9.07. The Labute approximate surface area is 150 Å². The van der Waals surface area contributed by atoms with Crippen LogP contribution in [0.1, 0.15) is 66.2 Å². The highest BCUT2D eigenvalue weighted by Gasteiger charge is 2.52. The second kappa shape index (κ2) is 8.36. The SMILES string of the molecule is CC1(C)OB(/C2=C\CCOC(=O)CCCCC(=O)OCC2)OC1(C)C. The second-order valence-corrected chi connectivity index (χ2v) is 7.55. The molecule has 0 aliphatic carbocycles. The van der Waals surface area contributed by atoms with Crippen molar-refractivity contribution < 1.29 is 28.4 Å². The van der Waals surface area contributed by atoms with E-state index >= 15 is 0 Å². The molecule has 6 nitrogen and oxygen atoms in total. The van der Waals surface area contributed by atoms with E-state index in [2.05, 4.69) is 0 Å². The van der Waals surface area contributed by atoms with Gasteiger partial charge in [0, 0.05) is 12.8 Å². The normalized spacial score (nSPS) is 27.7. The van der Waals surface area contributed by atoms with E-state index in [1.807, 2.05) is 33.8 Å². The fourth-order valence-corrected chi connectivity index (χ4v) is 2.69. The molecule has 140 valence electrons. The number of hydrogen-bond donors (Lipinski definition) is 0. The quantitative estimate of drug-likeness (QED) is 0.534. The molecule has 0 bridgehead atoms. The minimum absolute atomic E-state index is 0.226. The van der Waals surface area contributed by atoms with Gasteiger partial charge in [-0.25, -0.2) is 0 Å². The van der Waals surface area contributed by atoms with Crippen LogP contribution >= 0.6 is 0 Å². The van der Waals surface area contributed by atoms with Crippen molar-refractivity contribution in [1.82, 2.24) is 0 Å². The van der Waals surface area contributed by atoms with Crippen LogP contribution in [0.15, 0.2) is 11.5 Å². The smallest absolute Gasteiger partial charge is 0.465 e. The molecule has 1 saturated heterocycles. The lowest BCUT2D eigenvalue weighted by Gasteiger charge is -2.32. The third-order valence-corrected chi connectivity index (χ3v) is 5.01. The Balaban J connectivity index is 2.05. The standard InChI is InChI=1S/C18H29BO6/c1-17(2)18(3,4)25-19(24-17)14-8-7-12-22-15(20)9-5-6-10-16(21)23-13-11-14/h8H,5-7,9-13H2,1-4H3/b14-8-. The summed E-state index contributed by atoms with van der Waals surface area (Å²) >= 11 is 0. The summed E-state index contributed by atoms with van der Waals surface area (Å²) < 4.78 is 22.7. The largest absolute Gasteiger partial charge is 0.490 e. The third kappa shape index (κ3) is 5.58.